The van der Waals surface area contributed by atoms with Gasteiger partial charge in [-0.05, 0) is 38.0 Å². The zero-order valence-electron chi connectivity index (χ0n) is 20.6. The highest BCUT2D eigenvalue weighted by Gasteiger charge is 2.28. The van der Waals surface area contributed by atoms with Crippen LogP contribution in [0.3, 0.4) is 0 Å². The van der Waals surface area contributed by atoms with Crippen molar-refractivity contribution in [3.8, 4) is 11.8 Å². The summed E-state index contributed by atoms with van der Waals surface area (Å²) in [6.07, 6.45) is 6.72. The molecule has 0 unspecified atom stereocenters. The first-order valence-corrected chi connectivity index (χ1v) is 12.3. The third-order valence-electron chi connectivity index (χ3n) is 6.93. The van der Waals surface area contributed by atoms with Crippen LogP contribution in [0.15, 0.2) is 47.7 Å². The number of rotatable bonds is 6. The van der Waals surface area contributed by atoms with Crippen molar-refractivity contribution in [1.82, 2.24) is 25.1 Å². The Bertz CT molecular complexity index is 1360. The molecule has 2 aliphatic rings. The Labute approximate surface area is 214 Å². The quantitative estimate of drug-likeness (QED) is 0.538. The number of amides is 1. The Morgan fingerprint density at radius 2 is 2.00 bits per heavy atom. The third kappa shape index (κ3) is 5.23. The van der Waals surface area contributed by atoms with E-state index in [1.807, 2.05) is 23.1 Å². The molecule has 2 aromatic heterocycles. The van der Waals surface area contributed by atoms with Gasteiger partial charge in [-0.1, -0.05) is 6.07 Å². The number of hydrogen-bond donors (Lipinski definition) is 1. The number of benzene rings is 1. The van der Waals surface area contributed by atoms with Crippen molar-refractivity contribution in [2.75, 3.05) is 49.1 Å². The molecule has 1 N–H and O–H groups in total. The normalized spacial score (nSPS) is 17.5. The lowest BCUT2D eigenvalue weighted by Crippen LogP contribution is -2.49. The van der Waals surface area contributed by atoms with Gasteiger partial charge < -0.3 is 19.4 Å². The predicted octanol–water partition coefficient (Wildman–Crippen LogP) is 1.75. The Kier molecular flexibility index (Phi) is 6.98. The fourth-order valence-corrected chi connectivity index (χ4v) is 4.84. The molecule has 0 aliphatic carbocycles. The van der Waals surface area contributed by atoms with E-state index in [4.69, 9.17) is 10.00 Å². The Morgan fingerprint density at radius 3 is 2.76 bits per heavy atom. The van der Waals surface area contributed by atoms with Crippen LogP contribution < -0.4 is 20.1 Å². The van der Waals surface area contributed by atoms with Crippen molar-refractivity contribution >= 4 is 17.4 Å². The zero-order valence-corrected chi connectivity index (χ0v) is 20.6. The van der Waals surface area contributed by atoms with Crippen LogP contribution in [0.2, 0.25) is 0 Å². The summed E-state index contributed by atoms with van der Waals surface area (Å²) in [6.45, 7) is 5.50. The van der Waals surface area contributed by atoms with Crippen LogP contribution in [0.1, 0.15) is 34.5 Å². The number of anilines is 2. The molecule has 190 valence electrons. The van der Waals surface area contributed by atoms with E-state index >= 15 is 0 Å². The molecule has 0 radical (unpaired) electrons. The Morgan fingerprint density at radius 1 is 1.16 bits per heavy atom. The molecule has 5 rings (SSSR count). The van der Waals surface area contributed by atoms with Crippen LogP contribution >= 0.6 is 0 Å². The van der Waals surface area contributed by atoms with Gasteiger partial charge >= 0.3 is 0 Å². The molecule has 0 saturated carbocycles. The van der Waals surface area contributed by atoms with E-state index in [1.165, 1.54) is 6.20 Å². The van der Waals surface area contributed by atoms with E-state index < -0.39 is 0 Å². The largest absolute Gasteiger partial charge is 0.491 e. The number of aromatic nitrogens is 4. The first-order chi connectivity index (χ1) is 18.0. The van der Waals surface area contributed by atoms with E-state index in [0.29, 0.717) is 55.5 Å². The first kappa shape index (κ1) is 24.2. The monoisotopic (exact) mass is 500 g/mol. The maximum atomic E-state index is 13.2. The van der Waals surface area contributed by atoms with Gasteiger partial charge in [0.25, 0.3) is 11.5 Å². The van der Waals surface area contributed by atoms with Crippen LogP contribution in [-0.4, -0.2) is 76.3 Å². The lowest BCUT2D eigenvalue weighted by atomic mass is 10.1. The van der Waals surface area contributed by atoms with Gasteiger partial charge in [0, 0.05) is 43.9 Å². The van der Waals surface area contributed by atoms with E-state index in [0.717, 1.165) is 25.1 Å². The van der Waals surface area contributed by atoms with Crippen LogP contribution in [0, 0.1) is 18.3 Å². The Balaban J connectivity index is 1.18. The average Bonchev–Trinajstić information content (AvgIpc) is 3.42. The SMILES string of the molecule is Cc1c(N2CCC[C@H]2COc2cccc(C(=O)N3CCN(c4cnc(C#N)cn4)CC3)c2)cn[nH]c1=O. The Hall–Kier alpha value is -4.46. The second-order valence-electron chi connectivity index (χ2n) is 9.19. The third-order valence-corrected chi connectivity index (χ3v) is 6.93. The number of carbonyl (C=O) groups excluding carboxylic acids is 1. The topological polar surface area (TPSA) is 131 Å². The van der Waals surface area contributed by atoms with Gasteiger partial charge in [0.1, 0.15) is 24.2 Å². The van der Waals surface area contributed by atoms with Crippen molar-refractivity contribution < 1.29 is 9.53 Å². The molecule has 2 saturated heterocycles. The number of carbonyl (C=O) groups is 1. The highest BCUT2D eigenvalue weighted by atomic mass is 16.5. The van der Waals surface area contributed by atoms with Crippen molar-refractivity contribution in [3.63, 3.8) is 0 Å². The molecule has 4 heterocycles. The molecule has 2 aliphatic heterocycles. The van der Waals surface area contributed by atoms with Crippen LogP contribution in [-0.2, 0) is 0 Å². The molecular formula is C26H28N8O3. The number of nitrogens with one attached hydrogen (secondary N) is 1. The molecule has 1 atom stereocenters. The smallest absolute Gasteiger partial charge is 0.269 e. The average molecular weight is 501 g/mol. The van der Waals surface area contributed by atoms with E-state index in [1.54, 1.807) is 31.5 Å². The molecule has 1 amide bonds. The minimum Gasteiger partial charge on any atom is -0.491 e. The summed E-state index contributed by atoms with van der Waals surface area (Å²) >= 11 is 0. The summed E-state index contributed by atoms with van der Waals surface area (Å²) in [6, 6.07) is 9.39. The van der Waals surface area contributed by atoms with Crippen molar-refractivity contribution in [2.45, 2.75) is 25.8 Å². The van der Waals surface area contributed by atoms with Gasteiger partial charge in [-0.15, -0.1) is 0 Å². The zero-order chi connectivity index (χ0) is 25.8. The summed E-state index contributed by atoms with van der Waals surface area (Å²) in [5.41, 5.74) is 2.18. The molecule has 0 bridgehead atoms. The lowest BCUT2D eigenvalue weighted by molar-refractivity contribution is 0.0746. The van der Waals surface area contributed by atoms with Crippen LogP contribution in [0.25, 0.3) is 0 Å². The number of ether oxygens (including phenoxy) is 1. The molecule has 3 aromatic rings. The summed E-state index contributed by atoms with van der Waals surface area (Å²) in [5, 5.41) is 15.3. The maximum Gasteiger partial charge on any atom is 0.269 e. The predicted molar refractivity (Wildman–Crippen MR) is 137 cm³/mol. The molecule has 11 nitrogen and oxygen atoms in total. The van der Waals surface area contributed by atoms with Gasteiger partial charge in [0.2, 0.25) is 0 Å². The van der Waals surface area contributed by atoms with Gasteiger partial charge in [0.05, 0.1) is 30.3 Å². The van der Waals surface area contributed by atoms with Gasteiger partial charge in [-0.25, -0.2) is 15.1 Å². The van der Waals surface area contributed by atoms with Gasteiger partial charge in [-0.2, -0.15) is 10.4 Å². The molecular weight excluding hydrogens is 472 g/mol. The second-order valence-corrected chi connectivity index (χ2v) is 9.19. The summed E-state index contributed by atoms with van der Waals surface area (Å²) in [4.78, 5) is 39.6. The van der Waals surface area contributed by atoms with E-state index in [9.17, 15) is 9.59 Å². The number of hydrogen-bond acceptors (Lipinski definition) is 9. The molecule has 2 fully saturated rings. The number of H-pyrrole nitrogens is 1. The maximum absolute atomic E-state index is 13.2. The van der Waals surface area contributed by atoms with Gasteiger partial charge in [-0.3, -0.25) is 9.59 Å². The van der Waals surface area contributed by atoms with Crippen molar-refractivity contribution in [3.05, 3.63) is 70.0 Å². The van der Waals surface area contributed by atoms with Crippen molar-refractivity contribution in [2.24, 2.45) is 0 Å². The second kappa shape index (κ2) is 10.7. The summed E-state index contributed by atoms with van der Waals surface area (Å²) < 4.78 is 6.12. The fourth-order valence-electron chi connectivity index (χ4n) is 4.84. The summed E-state index contributed by atoms with van der Waals surface area (Å²) in [5.74, 6) is 1.31. The lowest BCUT2D eigenvalue weighted by Gasteiger charge is -2.35. The fraction of sp³-hybridized carbons (Fsp3) is 0.385. The molecule has 1 aromatic carbocycles. The van der Waals surface area contributed by atoms with E-state index in [2.05, 4.69) is 30.0 Å². The minimum atomic E-state index is -0.180. The van der Waals surface area contributed by atoms with E-state index in [-0.39, 0.29) is 23.2 Å². The summed E-state index contributed by atoms with van der Waals surface area (Å²) in [7, 11) is 0. The minimum absolute atomic E-state index is 0.0382. The number of aromatic amines is 1. The molecule has 0 spiro atoms. The highest BCUT2D eigenvalue weighted by Crippen LogP contribution is 2.27. The van der Waals surface area contributed by atoms with Crippen molar-refractivity contribution in [1.29, 1.82) is 5.26 Å². The number of nitriles is 1. The number of piperazine rings is 1. The number of nitrogens with zero attached hydrogens (tertiary/aromatic N) is 7. The van der Waals surface area contributed by atoms with Gasteiger partial charge in [0.15, 0.2) is 5.69 Å². The standard InChI is InChI=1S/C26H28N8O3/c1-18-23(15-30-31-25(18)35)34-7-3-5-21(34)17-37-22-6-2-4-19(12-22)26(36)33-10-8-32(9-11-33)24-16-28-20(13-27)14-29-24/h2,4,6,12,14-16,21H,3,5,7-11,17H2,1H3,(H,31,35)/t21-/m0/s1. The van der Waals surface area contributed by atoms with Crippen LogP contribution in [0.4, 0.5) is 11.5 Å². The highest BCUT2D eigenvalue weighted by molar-refractivity contribution is 5.94. The molecule has 37 heavy (non-hydrogen) atoms. The molecule has 11 heteroatoms. The van der Waals surface area contributed by atoms with Crippen LogP contribution in [0.5, 0.6) is 5.75 Å². The first-order valence-electron chi connectivity index (χ1n) is 12.3.